The molecule has 1 aromatic heterocycles. The lowest BCUT2D eigenvalue weighted by atomic mass is 10.0. The van der Waals surface area contributed by atoms with Gasteiger partial charge in [0, 0.05) is 11.6 Å². The molecule has 0 radical (unpaired) electrons. The molecule has 1 fully saturated rings. The molecule has 1 aromatic carbocycles. The van der Waals surface area contributed by atoms with Crippen LogP contribution in [-0.4, -0.2) is 14.8 Å². The van der Waals surface area contributed by atoms with E-state index in [-0.39, 0.29) is 0 Å². The zero-order valence-corrected chi connectivity index (χ0v) is 9.43. The van der Waals surface area contributed by atoms with Gasteiger partial charge in [0.2, 0.25) is 0 Å². The SMILES string of the molecule is CCc1ccccc1-c1nncn1C1CC1. The molecule has 0 bridgehead atoms. The van der Waals surface area contributed by atoms with E-state index in [1.165, 1.54) is 24.0 Å². The zero-order valence-electron chi connectivity index (χ0n) is 9.43. The van der Waals surface area contributed by atoms with Gasteiger partial charge in [-0.25, -0.2) is 0 Å². The van der Waals surface area contributed by atoms with Crippen LogP contribution in [0.3, 0.4) is 0 Å². The molecule has 0 aliphatic heterocycles. The first-order valence-corrected chi connectivity index (χ1v) is 5.88. The van der Waals surface area contributed by atoms with Gasteiger partial charge in [-0.05, 0) is 24.8 Å². The van der Waals surface area contributed by atoms with Crippen molar-refractivity contribution in [2.75, 3.05) is 0 Å². The van der Waals surface area contributed by atoms with Gasteiger partial charge in [-0.2, -0.15) is 0 Å². The van der Waals surface area contributed by atoms with Crippen molar-refractivity contribution >= 4 is 0 Å². The van der Waals surface area contributed by atoms with Crippen molar-refractivity contribution in [1.29, 1.82) is 0 Å². The van der Waals surface area contributed by atoms with E-state index in [0.29, 0.717) is 6.04 Å². The van der Waals surface area contributed by atoms with E-state index in [9.17, 15) is 0 Å². The predicted molar refractivity (Wildman–Crippen MR) is 63.1 cm³/mol. The van der Waals surface area contributed by atoms with Crippen molar-refractivity contribution in [3.8, 4) is 11.4 Å². The predicted octanol–water partition coefficient (Wildman–Crippen LogP) is 2.84. The normalized spacial score (nSPS) is 15.3. The second-order valence-electron chi connectivity index (χ2n) is 4.30. The molecule has 0 unspecified atom stereocenters. The average molecular weight is 213 g/mol. The van der Waals surface area contributed by atoms with Crippen LogP contribution in [0.4, 0.5) is 0 Å². The third kappa shape index (κ3) is 1.52. The summed E-state index contributed by atoms with van der Waals surface area (Å²) >= 11 is 0. The molecular weight excluding hydrogens is 198 g/mol. The Morgan fingerprint density at radius 3 is 2.88 bits per heavy atom. The van der Waals surface area contributed by atoms with Crippen LogP contribution in [0.15, 0.2) is 30.6 Å². The van der Waals surface area contributed by atoms with Crippen LogP contribution in [-0.2, 0) is 6.42 Å². The summed E-state index contributed by atoms with van der Waals surface area (Å²) in [4.78, 5) is 0. The zero-order chi connectivity index (χ0) is 11.0. The summed E-state index contributed by atoms with van der Waals surface area (Å²) < 4.78 is 2.22. The number of nitrogens with zero attached hydrogens (tertiary/aromatic N) is 3. The Bertz CT molecular complexity index is 497. The molecule has 82 valence electrons. The van der Waals surface area contributed by atoms with Gasteiger partial charge in [-0.3, -0.25) is 0 Å². The standard InChI is InChI=1S/C13H15N3/c1-2-10-5-3-4-6-12(10)13-15-14-9-16(13)11-7-8-11/h3-6,9,11H,2,7-8H2,1H3. The van der Waals surface area contributed by atoms with Crippen LogP contribution < -0.4 is 0 Å². The number of aryl methyl sites for hydroxylation is 1. The molecule has 0 spiro atoms. The maximum Gasteiger partial charge on any atom is 0.164 e. The minimum absolute atomic E-state index is 0.634. The highest BCUT2D eigenvalue weighted by Crippen LogP contribution is 2.38. The van der Waals surface area contributed by atoms with Crippen molar-refractivity contribution in [2.24, 2.45) is 0 Å². The number of rotatable bonds is 3. The first-order chi connectivity index (χ1) is 7.90. The van der Waals surface area contributed by atoms with Crippen molar-refractivity contribution in [1.82, 2.24) is 14.8 Å². The molecule has 1 heterocycles. The molecule has 3 nitrogen and oxygen atoms in total. The third-order valence-electron chi connectivity index (χ3n) is 3.15. The molecule has 16 heavy (non-hydrogen) atoms. The van der Waals surface area contributed by atoms with Gasteiger partial charge >= 0.3 is 0 Å². The highest BCUT2D eigenvalue weighted by Gasteiger charge is 2.26. The van der Waals surface area contributed by atoms with E-state index in [4.69, 9.17) is 0 Å². The highest BCUT2D eigenvalue weighted by molar-refractivity contribution is 5.60. The Balaban J connectivity index is 2.10. The molecule has 3 rings (SSSR count). The van der Waals surface area contributed by atoms with Gasteiger partial charge in [0.05, 0.1) is 0 Å². The van der Waals surface area contributed by atoms with Gasteiger partial charge in [-0.15, -0.1) is 10.2 Å². The van der Waals surface area contributed by atoms with E-state index in [1.54, 1.807) is 0 Å². The average Bonchev–Trinajstić information content (AvgIpc) is 3.07. The number of benzene rings is 1. The largest absolute Gasteiger partial charge is 0.310 e. The Labute approximate surface area is 95.1 Å². The van der Waals surface area contributed by atoms with Crippen LogP contribution in [0.25, 0.3) is 11.4 Å². The highest BCUT2D eigenvalue weighted by atomic mass is 15.3. The van der Waals surface area contributed by atoms with Crippen LogP contribution in [0, 0.1) is 0 Å². The Morgan fingerprint density at radius 2 is 2.12 bits per heavy atom. The molecule has 3 heteroatoms. The minimum atomic E-state index is 0.634. The van der Waals surface area contributed by atoms with Crippen LogP contribution >= 0.6 is 0 Å². The molecule has 0 N–H and O–H groups in total. The Morgan fingerprint density at radius 1 is 1.31 bits per heavy atom. The van der Waals surface area contributed by atoms with E-state index in [0.717, 1.165) is 12.2 Å². The molecule has 1 saturated carbocycles. The molecular formula is C13H15N3. The first kappa shape index (κ1) is 9.58. The molecule has 0 saturated heterocycles. The van der Waals surface area contributed by atoms with Crippen LogP contribution in [0.2, 0.25) is 0 Å². The third-order valence-corrected chi connectivity index (χ3v) is 3.15. The maximum atomic E-state index is 4.27. The van der Waals surface area contributed by atoms with Crippen molar-refractivity contribution in [3.63, 3.8) is 0 Å². The maximum absolute atomic E-state index is 4.27. The van der Waals surface area contributed by atoms with E-state index in [2.05, 4.69) is 46.0 Å². The second-order valence-corrected chi connectivity index (χ2v) is 4.30. The fourth-order valence-electron chi connectivity index (χ4n) is 2.10. The van der Waals surface area contributed by atoms with Crippen molar-refractivity contribution < 1.29 is 0 Å². The van der Waals surface area contributed by atoms with Gasteiger partial charge in [-0.1, -0.05) is 31.2 Å². The summed E-state index contributed by atoms with van der Waals surface area (Å²) in [6.07, 6.45) is 5.42. The lowest BCUT2D eigenvalue weighted by Gasteiger charge is -2.08. The molecule has 0 atom stereocenters. The molecule has 1 aliphatic carbocycles. The fourth-order valence-corrected chi connectivity index (χ4v) is 2.10. The summed E-state index contributed by atoms with van der Waals surface area (Å²) in [5, 5.41) is 8.32. The summed E-state index contributed by atoms with van der Waals surface area (Å²) in [5.41, 5.74) is 2.58. The smallest absolute Gasteiger partial charge is 0.164 e. The monoisotopic (exact) mass is 213 g/mol. The molecule has 1 aliphatic rings. The Hall–Kier alpha value is -1.64. The second kappa shape index (κ2) is 3.74. The quantitative estimate of drug-likeness (QED) is 0.785. The van der Waals surface area contributed by atoms with Gasteiger partial charge < -0.3 is 4.57 Å². The van der Waals surface area contributed by atoms with Crippen LogP contribution in [0.5, 0.6) is 0 Å². The van der Waals surface area contributed by atoms with E-state index < -0.39 is 0 Å². The van der Waals surface area contributed by atoms with Gasteiger partial charge in [0.1, 0.15) is 6.33 Å². The van der Waals surface area contributed by atoms with Crippen molar-refractivity contribution in [3.05, 3.63) is 36.2 Å². The minimum Gasteiger partial charge on any atom is -0.310 e. The number of hydrogen-bond acceptors (Lipinski definition) is 2. The summed E-state index contributed by atoms with van der Waals surface area (Å²) in [6, 6.07) is 9.10. The molecule has 2 aromatic rings. The fraction of sp³-hybridized carbons (Fsp3) is 0.385. The van der Waals surface area contributed by atoms with E-state index in [1.807, 2.05) is 6.33 Å². The van der Waals surface area contributed by atoms with E-state index >= 15 is 0 Å². The van der Waals surface area contributed by atoms with Crippen LogP contribution in [0.1, 0.15) is 31.4 Å². The molecule has 0 amide bonds. The summed E-state index contributed by atoms with van der Waals surface area (Å²) in [6.45, 7) is 2.18. The lowest BCUT2D eigenvalue weighted by Crippen LogP contribution is -1.98. The number of aromatic nitrogens is 3. The summed E-state index contributed by atoms with van der Waals surface area (Å²) in [7, 11) is 0. The number of hydrogen-bond donors (Lipinski definition) is 0. The lowest BCUT2D eigenvalue weighted by molar-refractivity contribution is 0.745. The first-order valence-electron chi connectivity index (χ1n) is 5.88. The topological polar surface area (TPSA) is 30.7 Å². The Kier molecular flexibility index (Phi) is 2.24. The summed E-state index contributed by atoms with van der Waals surface area (Å²) in [5.74, 6) is 1.03. The van der Waals surface area contributed by atoms with Gasteiger partial charge in [0.25, 0.3) is 0 Å². The van der Waals surface area contributed by atoms with Gasteiger partial charge in [0.15, 0.2) is 5.82 Å². The van der Waals surface area contributed by atoms with Crippen molar-refractivity contribution in [2.45, 2.75) is 32.2 Å².